The van der Waals surface area contributed by atoms with Gasteiger partial charge in [0.25, 0.3) is 0 Å². The molecule has 1 saturated heterocycles. The van der Waals surface area contributed by atoms with Crippen LogP contribution in [0.15, 0.2) is 16.8 Å². The number of hydrogen-bond acceptors (Lipinski definition) is 8. The molecule has 1 aliphatic carbocycles. The quantitative estimate of drug-likeness (QED) is 0.734. The molecule has 0 spiro atoms. The molecule has 8 nitrogen and oxygen atoms in total. The highest BCUT2D eigenvalue weighted by molar-refractivity contribution is 5.45. The Morgan fingerprint density at radius 2 is 1.86 bits per heavy atom. The average molecular weight is 398 g/mol. The van der Waals surface area contributed by atoms with Gasteiger partial charge in [0.05, 0.1) is 13.7 Å². The van der Waals surface area contributed by atoms with E-state index in [2.05, 4.69) is 25.1 Å². The summed E-state index contributed by atoms with van der Waals surface area (Å²) in [5, 5.41) is 6.60. The molecule has 152 valence electrons. The Labute approximate surface area is 159 Å². The number of ether oxygens (including phenoxy) is 1. The van der Waals surface area contributed by atoms with Crippen LogP contribution in [0.3, 0.4) is 0 Å². The number of methoxy groups -OCH3 is 1. The minimum atomic E-state index is -4.61. The molecule has 11 heteroatoms. The van der Waals surface area contributed by atoms with E-state index in [0.717, 1.165) is 44.6 Å². The number of hydrogen-bond donors (Lipinski definition) is 0. The van der Waals surface area contributed by atoms with Gasteiger partial charge in [-0.15, -0.1) is 10.2 Å². The summed E-state index contributed by atoms with van der Waals surface area (Å²) < 4.78 is 47.7. The van der Waals surface area contributed by atoms with E-state index in [1.54, 1.807) is 7.11 Å². The SMILES string of the molecule is COc1cc(N(C2CC2)C2CCN(Cc3nnc(C(F)(F)F)o3)CC2)ncn1. The summed E-state index contributed by atoms with van der Waals surface area (Å²) in [6, 6.07) is 2.64. The van der Waals surface area contributed by atoms with Crippen LogP contribution in [0, 0.1) is 0 Å². The third kappa shape index (κ3) is 4.18. The Morgan fingerprint density at radius 3 is 2.46 bits per heavy atom. The van der Waals surface area contributed by atoms with Gasteiger partial charge in [0, 0.05) is 31.2 Å². The third-order valence-corrected chi connectivity index (χ3v) is 5.06. The standard InChI is InChI=1S/C17H21F3N6O2/c1-27-14-8-13(21-10-22-14)26(11-2-3-11)12-4-6-25(7-5-12)9-15-23-24-16(28-15)17(18,19)20/h8,10-12H,2-7,9H2,1H3. The highest BCUT2D eigenvalue weighted by Crippen LogP contribution is 2.36. The molecule has 0 unspecified atom stereocenters. The lowest BCUT2D eigenvalue weighted by atomic mass is 10.0. The van der Waals surface area contributed by atoms with Crippen molar-refractivity contribution in [3.8, 4) is 5.88 Å². The van der Waals surface area contributed by atoms with Gasteiger partial charge < -0.3 is 14.1 Å². The summed E-state index contributed by atoms with van der Waals surface area (Å²) in [4.78, 5) is 12.9. The van der Waals surface area contributed by atoms with E-state index in [1.807, 2.05) is 11.0 Å². The zero-order valence-corrected chi connectivity index (χ0v) is 15.4. The Bertz CT molecular complexity index is 802. The number of halogens is 3. The summed E-state index contributed by atoms with van der Waals surface area (Å²) in [5.74, 6) is 0.0878. The minimum Gasteiger partial charge on any atom is -0.481 e. The van der Waals surface area contributed by atoms with Gasteiger partial charge in [-0.25, -0.2) is 9.97 Å². The molecule has 28 heavy (non-hydrogen) atoms. The summed E-state index contributed by atoms with van der Waals surface area (Å²) in [5.41, 5.74) is 0. The van der Waals surface area contributed by atoms with Crippen LogP contribution in [-0.2, 0) is 12.7 Å². The second-order valence-corrected chi connectivity index (χ2v) is 7.06. The summed E-state index contributed by atoms with van der Waals surface area (Å²) >= 11 is 0. The third-order valence-electron chi connectivity index (χ3n) is 5.06. The van der Waals surface area contributed by atoms with Gasteiger partial charge in [0.15, 0.2) is 0 Å². The maximum Gasteiger partial charge on any atom is 0.470 e. The molecule has 2 aromatic rings. The van der Waals surface area contributed by atoms with Gasteiger partial charge in [-0.3, -0.25) is 4.90 Å². The maximum atomic E-state index is 12.6. The van der Waals surface area contributed by atoms with Crippen LogP contribution in [-0.4, -0.2) is 57.3 Å². The average Bonchev–Trinajstić information content (AvgIpc) is 3.39. The molecule has 0 radical (unpaired) electrons. The van der Waals surface area contributed by atoms with Gasteiger partial charge in [0.1, 0.15) is 12.1 Å². The van der Waals surface area contributed by atoms with E-state index in [1.165, 1.54) is 6.33 Å². The van der Waals surface area contributed by atoms with Crippen molar-refractivity contribution in [1.29, 1.82) is 0 Å². The molecular weight excluding hydrogens is 377 g/mol. The lowest BCUT2D eigenvalue weighted by Crippen LogP contribution is -2.46. The molecule has 2 aliphatic rings. The number of aromatic nitrogens is 4. The number of rotatable bonds is 6. The van der Waals surface area contributed by atoms with Crippen LogP contribution >= 0.6 is 0 Å². The first kappa shape index (κ1) is 18.9. The maximum absolute atomic E-state index is 12.6. The first-order valence-electron chi connectivity index (χ1n) is 9.20. The van der Waals surface area contributed by atoms with E-state index in [0.29, 0.717) is 18.0 Å². The lowest BCUT2D eigenvalue weighted by molar-refractivity contribution is -0.157. The molecule has 3 heterocycles. The highest BCUT2D eigenvalue weighted by Gasteiger charge is 2.39. The molecule has 0 amide bonds. The Morgan fingerprint density at radius 1 is 1.14 bits per heavy atom. The number of nitrogens with zero attached hydrogens (tertiary/aromatic N) is 6. The predicted molar refractivity (Wildman–Crippen MR) is 91.7 cm³/mol. The van der Waals surface area contributed by atoms with Gasteiger partial charge >= 0.3 is 12.1 Å². The molecule has 0 aromatic carbocycles. The van der Waals surface area contributed by atoms with Gasteiger partial charge in [-0.05, 0) is 25.7 Å². The normalized spacial score (nSPS) is 19.0. The number of alkyl halides is 3. The fraction of sp³-hybridized carbons (Fsp3) is 0.647. The van der Waals surface area contributed by atoms with E-state index in [-0.39, 0.29) is 12.4 Å². The van der Waals surface area contributed by atoms with Crippen molar-refractivity contribution in [2.75, 3.05) is 25.1 Å². The Kier molecular flexibility index (Phi) is 5.09. The first-order chi connectivity index (χ1) is 13.4. The van der Waals surface area contributed by atoms with Crippen LogP contribution in [0.4, 0.5) is 19.0 Å². The highest BCUT2D eigenvalue weighted by atomic mass is 19.4. The smallest absolute Gasteiger partial charge is 0.470 e. The molecular formula is C17H21F3N6O2. The van der Waals surface area contributed by atoms with E-state index >= 15 is 0 Å². The largest absolute Gasteiger partial charge is 0.481 e. The van der Waals surface area contributed by atoms with Crippen LogP contribution in [0.2, 0.25) is 0 Å². The zero-order chi connectivity index (χ0) is 19.7. The molecule has 4 rings (SSSR count). The van der Waals surface area contributed by atoms with Gasteiger partial charge in [0.2, 0.25) is 11.8 Å². The van der Waals surface area contributed by atoms with Crippen molar-refractivity contribution >= 4 is 5.82 Å². The molecule has 0 atom stereocenters. The minimum absolute atomic E-state index is 0.00893. The monoisotopic (exact) mass is 398 g/mol. The van der Waals surface area contributed by atoms with Crippen molar-refractivity contribution < 1.29 is 22.3 Å². The Balaban J connectivity index is 1.38. The molecule has 1 saturated carbocycles. The fourth-order valence-corrected chi connectivity index (χ4v) is 3.59. The summed E-state index contributed by atoms with van der Waals surface area (Å²) in [6.07, 6.45) is 0.920. The van der Waals surface area contributed by atoms with Crippen molar-refractivity contribution in [2.45, 2.75) is 50.5 Å². The van der Waals surface area contributed by atoms with Crippen LogP contribution in [0.5, 0.6) is 5.88 Å². The van der Waals surface area contributed by atoms with E-state index in [9.17, 15) is 13.2 Å². The second kappa shape index (κ2) is 7.53. The molecule has 0 N–H and O–H groups in total. The van der Waals surface area contributed by atoms with Crippen LogP contribution < -0.4 is 9.64 Å². The van der Waals surface area contributed by atoms with Crippen molar-refractivity contribution in [3.05, 3.63) is 24.2 Å². The van der Waals surface area contributed by atoms with E-state index < -0.39 is 12.1 Å². The first-order valence-corrected chi connectivity index (χ1v) is 9.20. The van der Waals surface area contributed by atoms with Crippen LogP contribution in [0.1, 0.15) is 37.5 Å². The van der Waals surface area contributed by atoms with E-state index in [4.69, 9.17) is 9.15 Å². The number of anilines is 1. The summed E-state index contributed by atoms with van der Waals surface area (Å²) in [6.45, 7) is 1.69. The second-order valence-electron chi connectivity index (χ2n) is 7.06. The predicted octanol–water partition coefficient (Wildman–Crippen LogP) is 2.52. The topological polar surface area (TPSA) is 80.4 Å². The van der Waals surface area contributed by atoms with Gasteiger partial charge in [-0.1, -0.05) is 0 Å². The molecule has 1 aliphatic heterocycles. The lowest BCUT2D eigenvalue weighted by Gasteiger charge is -2.39. The number of piperidine rings is 1. The van der Waals surface area contributed by atoms with Crippen molar-refractivity contribution in [3.63, 3.8) is 0 Å². The Hall–Kier alpha value is -2.43. The molecule has 2 fully saturated rings. The van der Waals surface area contributed by atoms with Crippen molar-refractivity contribution in [1.82, 2.24) is 25.1 Å². The van der Waals surface area contributed by atoms with Crippen LogP contribution in [0.25, 0.3) is 0 Å². The fourth-order valence-electron chi connectivity index (χ4n) is 3.59. The number of likely N-dealkylation sites (tertiary alicyclic amines) is 1. The zero-order valence-electron chi connectivity index (χ0n) is 15.4. The molecule has 2 aromatic heterocycles. The molecule has 0 bridgehead atoms. The van der Waals surface area contributed by atoms with Gasteiger partial charge in [-0.2, -0.15) is 13.2 Å². The summed E-state index contributed by atoms with van der Waals surface area (Å²) in [7, 11) is 1.58. The van der Waals surface area contributed by atoms with Crippen molar-refractivity contribution in [2.24, 2.45) is 0 Å².